The van der Waals surface area contributed by atoms with Gasteiger partial charge >= 0.3 is 5.97 Å². The maximum atomic E-state index is 12.0. The van der Waals surface area contributed by atoms with Crippen molar-refractivity contribution in [1.82, 2.24) is 4.72 Å². The van der Waals surface area contributed by atoms with E-state index in [1.807, 2.05) is 6.07 Å². The van der Waals surface area contributed by atoms with Crippen LogP contribution in [0.4, 0.5) is 0 Å². The number of carboxylic acid groups (broad SMARTS) is 1. The summed E-state index contributed by atoms with van der Waals surface area (Å²) < 4.78 is 26.2. The van der Waals surface area contributed by atoms with Crippen LogP contribution in [0, 0.1) is 11.3 Å². The molecule has 0 spiro atoms. The number of nitriles is 1. The fraction of sp³-hybridized carbons (Fsp3) is 0.273. The molecule has 0 saturated heterocycles. The van der Waals surface area contributed by atoms with Crippen molar-refractivity contribution in [2.75, 3.05) is 0 Å². The molecule has 8 heteroatoms. The first-order valence-corrected chi connectivity index (χ1v) is 7.14. The Balaban J connectivity index is 2.33. The van der Waals surface area contributed by atoms with Crippen molar-refractivity contribution in [3.63, 3.8) is 0 Å². The molecule has 0 aliphatic heterocycles. The number of nitrogens with zero attached hydrogens (tertiary/aromatic N) is 1. The van der Waals surface area contributed by atoms with Gasteiger partial charge in [-0.2, -0.15) is 9.98 Å². The van der Waals surface area contributed by atoms with Crippen LogP contribution in [0.1, 0.15) is 18.4 Å². The van der Waals surface area contributed by atoms with Gasteiger partial charge in [0, 0.05) is 0 Å². The molecule has 0 heterocycles. The van der Waals surface area contributed by atoms with Crippen LogP contribution in [0.3, 0.4) is 0 Å². The second kappa shape index (κ2) is 4.49. The highest BCUT2D eigenvalue weighted by molar-refractivity contribution is 7.89. The second-order valence-electron chi connectivity index (χ2n) is 4.25. The summed E-state index contributed by atoms with van der Waals surface area (Å²) in [5.41, 5.74) is -1.25. The molecule has 0 radical (unpaired) electrons. The first-order chi connectivity index (χ1) is 8.81. The number of carbonyl (C=O) groups is 1. The van der Waals surface area contributed by atoms with E-state index >= 15 is 0 Å². The van der Waals surface area contributed by atoms with E-state index in [2.05, 4.69) is 4.72 Å². The van der Waals surface area contributed by atoms with Gasteiger partial charge in [0.05, 0.1) is 15.5 Å². The lowest BCUT2D eigenvalue weighted by atomic mass is 10.2. The van der Waals surface area contributed by atoms with Crippen LogP contribution in [0.15, 0.2) is 23.1 Å². The normalized spacial score (nSPS) is 16.6. The summed E-state index contributed by atoms with van der Waals surface area (Å²) in [6.07, 6.45) is 0.511. The maximum absolute atomic E-state index is 12.0. The summed E-state index contributed by atoms with van der Waals surface area (Å²) in [4.78, 5) is 10.8. The van der Waals surface area contributed by atoms with Gasteiger partial charge in [-0.05, 0) is 31.0 Å². The highest BCUT2D eigenvalue weighted by atomic mass is 35.5. The average molecular weight is 301 g/mol. The Morgan fingerprint density at radius 3 is 2.53 bits per heavy atom. The summed E-state index contributed by atoms with van der Waals surface area (Å²) in [5, 5.41) is 17.7. The van der Waals surface area contributed by atoms with Crippen molar-refractivity contribution >= 4 is 27.6 Å². The van der Waals surface area contributed by atoms with Crippen LogP contribution in [0.5, 0.6) is 0 Å². The van der Waals surface area contributed by atoms with Crippen LogP contribution in [-0.2, 0) is 14.8 Å². The third kappa shape index (κ3) is 2.56. The number of nitrogens with one attached hydrogen (secondary N) is 1. The van der Waals surface area contributed by atoms with Gasteiger partial charge in [-0.15, -0.1) is 0 Å². The number of hydrogen-bond acceptors (Lipinski definition) is 4. The number of aliphatic carboxylic acids is 1. The predicted molar refractivity (Wildman–Crippen MR) is 66.1 cm³/mol. The van der Waals surface area contributed by atoms with E-state index in [4.69, 9.17) is 22.0 Å². The molecule has 19 heavy (non-hydrogen) atoms. The molecule has 1 aliphatic carbocycles. The first-order valence-electron chi connectivity index (χ1n) is 5.28. The fourth-order valence-electron chi connectivity index (χ4n) is 1.55. The van der Waals surface area contributed by atoms with Gasteiger partial charge in [0.1, 0.15) is 11.6 Å². The molecule has 2 rings (SSSR count). The summed E-state index contributed by atoms with van der Waals surface area (Å²) in [6.45, 7) is 0. The van der Waals surface area contributed by atoms with E-state index in [0.29, 0.717) is 0 Å². The van der Waals surface area contributed by atoms with Gasteiger partial charge in [-0.3, -0.25) is 4.79 Å². The Kier molecular flexibility index (Phi) is 3.26. The van der Waals surface area contributed by atoms with Crippen LogP contribution in [0.25, 0.3) is 0 Å². The van der Waals surface area contributed by atoms with E-state index in [0.717, 1.165) is 6.07 Å². The van der Waals surface area contributed by atoms with Crippen LogP contribution < -0.4 is 4.72 Å². The van der Waals surface area contributed by atoms with E-state index in [1.165, 1.54) is 12.1 Å². The zero-order valence-corrected chi connectivity index (χ0v) is 11.1. The lowest BCUT2D eigenvalue weighted by Crippen LogP contribution is -2.42. The van der Waals surface area contributed by atoms with Crippen LogP contribution in [0.2, 0.25) is 5.02 Å². The number of halogens is 1. The highest BCUT2D eigenvalue weighted by Gasteiger charge is 2.53. The molecule has 100 valence electrons. The molecule has 1 aromatic carbocycles. The van der Waals surface area contributed by atoms with Gasteiger partial charge < -0.3 is 5.11 Å². The van der Waals surface area contributed by atoms with E-state index in [-0.39, 0.29) is 28.3 Å². The molecular weight excluding hydrogens is 292 g/mol. The third-order valence-electron chi connectivity index (χ3n) is 2.86. The van der Waals surface area contributed by atoms with Crippen molar-refractivity contribution in [1.29, 1.82) is 5.26 Å². The predicted octanol–water partition coefficient (Wildman–Crippen LogP) is 1.11. The SMILES string of the molecule is N#Cc1ccc(S(=O)(=O)NC2(C(=O)O)CC2)cc1Cl. The maximum Gasteiger partial charge on any atom is 0.324 e. The molecule has 2 N–H and O–H groups in total. The first kappa shape index (κ1) is 13.8. The lowest BCUT2D eigenvalue weighted by molar-refractivity contribution is -0.140. The summed E-state index contributed by atoms with van der Waals surface area (Å²) >= 11 is 5.75. The van der Waals surface area contributed by atoms with E-state index < -0.39 is 21.5 Å². The van der Waals surface area contributed by atoms with Crippen LogP contribution >= 0.6 is 11.6 Å². The molecule has 1 saturated carbocycles. The molecule has 1 fully saturated rings. The Labute approximate surface area is 114 Å². The Morgan fingerprint density at radius 1 is 1.47 bits per heavy atom. The fourth-order valence-corrected chi connectivity index (χ4v) is 3.29. The zero-order chi connectivity index (χ0) is 14.3. The number of hydrogen-bond donors (Lipinski definition) is 2. The molecule has 0 bridgehead atoms. The minimum Gasteiger partial charge on any atom is -0.480 e. The standard InChI is InChI=1S/C11H9ClN2O4S/c12-9-5-8(2-1-7(9)6-13)19(17,18)14-11(3-4-11)10(15)16/h1-2,5,14H,3-4H2,(H,15,16). The summed E-state index contributed by atoms with van der Waals surface area (Å²) in [7, 11) is -3.97. The van der Waals surface area contributed by atoms with Gasteiger partial charge in [-0.1, -0.05) is 11.6 Å². The van der Waals surface area contributed by atoms with Crippen molar-refractivity contribution in [2.24, 2.45) is 0 Å². The molecular formula is C11H9ClN2O4S. The minimum absolute atomic E-state index is 0.00514. The van der Waals surface area contributed by atoms with Crippen molar-refractivity contribution in [2.45, 2.75) is 23.3 Å². The number of benzene rings is 1. The lowest BCUT2D eigenvalue weighted by Gasteiger charge is -2.13. The van der Waals surface area contributed by atoms with Crippen molar-refractivity contribution in [3.05, 3.63) is 28.8 Å². The topological polar surface area (TPSA) is 107 Å². The van der Waals surface area contributed by atoms with Gasteiger partial charge in [-0.25, -0.2) is 8.42 Å². The molecule has 0 unspecified atom stereocenters. The molecule has 1 aromatic rings. The second-order valence-corrected chi connectivity index (χ2v) is 6.34. The van der Waals surface area contributed by atoms with Gasteiger partial charge in [0.15, 0.2) is 0 Å². The Bertz CT molecular complexity index is 689. The summed E-state index contributed by atoms with van der Waals surface area (Å²) in [6, 6.07) is 5.42. The molecule has 0 atom stereocenters. The summed E-state index contributed by atoms with van der Waals surface area (Å²) in [5.74, 6) is -1.20. The average Bonchev–Trinajstić information content (AvgIpc) is 3.09. The van der Waals surface area contributed by atoms with Crippen molar-refractivity contribution < 1.29 is 18.3 Å². The highest BCUT2D eigenvalue weighted by Crippen LogP contribution is 2.37. The van der Waals surface area contributed by atoms with Crippen molar-refractivity contribution in [3.8, 4) is 6.07 Å². The number of sulfonamides is 1. The van der Waals surface area contributed by atoms with E-state index in [1.54, 1.807) is 0 Å². The zero-order valence-electron chi connectivity index (χ0n) is 9.55. The molecule has 6 nitrogen and oxygen atoms in total. The number of rotatable bonds is 4. The van der Waals surface area contributed by atoms with Gasteiger partial charge in [0.2, 0.25) is 10.0 Å². The monoisotopic (exact) mass is 300 g/mol. The molecule has 1 aliphatic rings. The Hall–Kier alpha value is -1.62. The van der Waals surface area contributed by atoms with Gasteiger partial charge in [0.25, 0.3) is 0 Å². The van der Waals surface area contributed by atoms with Crippen LogP contribution in [-0.4, -0.2) is 25.0 Å². The van der Waals surface area contributed by atoms with E-state index in [9.17, 15) is 13.2 Å². The third-order valence-corrected chi connectivity index (χ3v) is 4.71. The Morgan fingerprint density at radius 2 is 2.11 bits per heavy atom. The quantitative estimate of drug-likeness (QED) is 0.866. The molecule has 0 amide bonds. The smallest absolute Gasteiger partial charge is 0.324 e. The minimum atomic E-state index is -3.97. The largest absolute Gasteiger partial charge is 0.480 e. The number of carboxylic acids is 1. The molecule has 0 aromatic heterocycles.